The predicted octanol–water partition coefficient (Wildman–Crippen LogP) is 3.17. The highest BCUT2D eigenvalue weighted by atomic mass is 32.2. The zero-order valence-electron chi connectivity index (χ0n) is 15.5. The second-order valence-electron chi connectivity index (χ2n) is 6.73. The number of furan rings is 1. The Kier molecular flexibility index (Phi) is 4.69. The maximum Gasteiger partial charge on any atom is 0.276 e. The molecule has 0 aliphatic carbocycles. The fourth-order valence-corrected chi connectivity index (χ4v) is 3.82. The number of nitrogens with zero attached hydrogens (tertiary/aromatic N) is 1. The van der Waals surface area contributed by atoms with Crippen LogP contribution in [-0.4, -0.2) is 24.5 Å². The minimum Gasteiger partial charge on any atom is -0.464 e. The highest BCUT2D eigenvalue weighted by Gasteiger charge is 2.18. The molecule has 8 nitrogen and oxygen atoms in total. The van der Waals surface area contributed by atoms with Gasteiger partial charge in [-0.1, -0.05) is 17.7 Å². The number of carbonyl (C=O) groups is 1. The maximum absolute atomic E-state index is 12.9. The summed E-state index contributed by atoms with van der Waals surface area (Å²) in [4.78, 5) is 12.9. The Morgan fingerprint density at radius 1 is 1.21 bits per heavy atom. The van der Waals surface area contributed by atoms with Gasteiger partial charge in [-0.3, -0.25) is 9.89 Å². The second-order valence-corrected chi connectivity index (χ2v) is 8.35. The standard InChI is InChI=1S/C20H18N4O4S/c1-12-4-6-16(14(9-12)11-29(21,26)27)22-20(25)19-15-10-13(18-3-2-8-28-18)5-7-17(15)23-24-19/h2-10H,11H2,1H3,(H,22,25)(H,23,24)(H2,21,26,27). The van der Waals surface area contributed by atoms with Crippen molar-refractivity contribution in [2.45, 2.75) is 12.7 Å². The van der Waals surface area contributed by atoms with Gasteiger partial charge in [0.25, 0.3) is 5.91 Å². The molecule has 0 saturated heterocycles. The van der Waals surface area contributed by atoms with Crippen LogP contribution in [0.1, 0.15) is 21.6 Å². The molecule has 0 atom stereocenters. The number of primary sulfonamides is 1. The number of benzene rings is 2. The lowest BCUT2D eigenvalue weighted by molar-refractivity contribution is 0.102. The molecule has 29 heavy (non-hydrogen) atoms. The van der Waals surface area contributed by atoms with Crippen molar-refractivity contribution in [2.24, 2.45) is 5.14 Å². The third-order valence-electron chi connectivity index (χ3n) is 4.45. The molecule has 0 unspecified atom stereocenters. The van der Waals surface area contributed by atoms with E-state index >= 15 is 0 Å². The van der Waals surface area contributed by atoms with E-state index in [0.29, 0.717) is 27.9 Å². The van der Waals surface area contributed by atoms with E-state index in [9.17, 15) is 13.2 Å². The molecule has 4 aromatic rings. The average Bonchev–Trinajstić information content (AvgIpc) is 3.31. The van der Waals surface area contributed by atoms with E-state index in [-0.39, 0.29) is 11.4 Å². The van der Waals surface area contributed by atoms with E-state index in [1.807, 2.05) is 31.2 Å². The number of H-pyrrole nitrogens is 1. The Bertz CT molecular complexity index is 1310. The van der Waals surface area contributed by atoms with Crippen LogP contribution in [-0.2, 0) is 15.8 Å². The Morgan fingerprint density at radius 2 is 2.03 bits per heavy atom. The lowest BCUT2D eigenvalue weighted by Gasteiger charge is -2.11. The van der Waals surface area contributed by atoms with Crippen molar-refractivity contribution in [2.75, 3.05) is 5.32 Å². The maximum atomic E-state index is 12.9. The fraction of sp³-hybridized carbons (Fsp3) is 0.100. The zero-order chi connectivity index (χ0) is 20.6. The lowest BCUT2D eigenvalue weighted by Crippen LogP contribution is -2.18. The molecule has 0 aliphatic heterocycles. The fourth-order valence-electron chi connectivity index (χ4n) is 3.15. The van der Waals surface area contributed by atoms with Crippen molar-refractivity contribution in [3.8, 4) is 11.3 Å². The molecule has 0 spiro atoms. The van der Waals surface area contributed by atoms with Crippen molar-refractivity contribution in [3.05, 3.63) is 71.6 Å². The van der Waals surface area contributed by atoms with Crippen LogP contribution in [0.5, 0.6) is 0 Å². The van der Waals surface area contributed by atoms with E-state index in [0.717, 1.165) is 11.1 Å². The minimum atomic E-state index is -3.75. The number of aryl methyl sites for hydroxylation is 1. The van der Waals surface area contributed by atoms with Gasteiger partial charge in [-0.05, 0) is 48.9 Å². The van der Waals surface area contributed by atoms with Gasteiger partial charge in [-0.2, -0.15) is 5.10 Å². The highest BCUT2D eigenvalue weighted by molar-refractivity contribution is 7.88. The summed E-state index contributed by atoms with van der Waals surface area (Å²) in [6.45, 7) is 1.83. The number of sulfonamides is 1. The Hall–Kier alpha value is -3.43. The van der Waals surface area contributed by atoms with Gasteiger partial charge in [-0.25, -0.2) is 13.6 Å². The number of fused-ring (bicyclic) bond motifs is 1. The zero-order valence-corrected chi connectivity index (χ0v) is 16.3. The lowest BCUT2D eigenvalue weighted by atomic mass is 10.1. The normalized spacial score (nSPS) is 11.7. The van der Waals surface area contributed by atoms with Crippen molar-refractivity contribution < 1.29 is 17.6 Å². The first-order chi connectivity index (χ1) is 13.8. The number of hydrogen-bond donors (Lipinski definition) is 3. The van der Waals surface area contributed by atoms with Gasteiger partial charge in [0, 0.05) is 16.6 Å². The molecule has 4 rings (SSSR count). The molecule has 2 heterocycles. The number of aromatic amines is 1. The quantitative estimate of drug-likeness (QED) is 0.465. The first kappa shape index (κ1) is 18.9. The molecule has 1 amide bonds. The molecule has 148 valence electrons. The molecule has 0 bridgehead atoms. The number of amides is 1. The second kappa shape index (κ2) is 7.19. The molecule has 0 aliphatic rings. The van der Waals surface area contributed by atoms with Crippen LogP contribution in [0, 0.1) is 6.92 Å². The van der Waals surface area contributed by atoms with Gasteiger partial charge in [0.1, 0.15) is 5.76 Å². The van der Waals surface area contributed by atoms with Crippen molar-refractivity contribution >= 4 is 32.5 Å². The number of nitrogens with two attached hydrogens (primary N) is 1. The van der Waals surface area contributed by atoms with Crippen molar-refractivity contribution in [3.63, 3.8) is 0 Å². The van der Waals surface area contributed by atoms with Gasteiger partial charge in [0.2, 0.25) is 10.0 Å². The third kappa shape index (κ3) is 4.05. The van der Waals surface area contributed by atoms with E-state index < -0.39 is 15.9 Å². The number of rotatable bonds is 5. The van der Waals surface area contributed by atoms with E-state index in [2.05, 4.69) is 15.5 Å². The van der Waals surface area contributed by atoms with Gasteiger partial charge in [-0.15, -0.1) is 0 Å². The highest BCUT2D eigenvalue weighted by Crippen LogP contribution is 2.27. The van der Waals surface area contributed by atoms with E-state index in [1.165, 1.54) is 0 Å². The van der Waals surface area contributed by atoms with Crippen LogP contribution in [0.15, 0.2) is 59.2 Å². The summed E-state index contributed by atoms with van der Waals surface area (Å²) < 4.78 is 28.5. The van der Waals surface area contributed by atoms with Gasteiger partial charge in [0.05, 0.1) is 17.5 Å². The van der Waals surface area contributed by atoms with Crippen molar-refractivity contribution in [1.29, 1.82) is 0 Å². The molecule has 2 aromatic carbocycles. The molecule has 0 radical (unpaired) electrons. The molecule has 4 N–H and O–H groups in total. The van der Waals surface area contributed by atoms with Crippen LogP contribution in [0.4, 0.5) is 5.69 Å². The minimum absolute atomic E-state index is 0.190. The third-order valence-corrected chi connectivity index (χ3v) is 5.16. The van der Waals surface area contributed by atoms with Crippen LogP contribution in [0.3, 0.4) is 0 Å². The summed E-state index contributed by atoms with van der Waals surface area (Å²) in [6.07, 6.45) is 1.58. The largest absolute Gasteiger partial charge is 0.464 e. The van der Waals surface area contributed by atoms with Crippen LogP contribution in [0.25, 0.3) is 22.2 Å². The Morgan fingerprint density at radius 3 is 2.76 bits per heavy atom. The predicted molar refractivity (Wildman–Crippen MR) is 110 cm³/mol. The summed E-state index contributed by atoms with van der Waals surface area (Å²) in [5, 5.41) is 15.5. The number of nitrogens with one attached hydrogen (secondary N) is 2. The molecule has 0 saturated carbocycles. The summed E-state index contributed by atoms with van der Waals surface area (Å²) in [6, 6.07) is 14.2. The van der Waals surface area contributed by atoms with Gasteiger partial charge >= 0.3 is 0 Å². The topological polar surface area (TPSA) is 131 Å². The van der Waals surface area contributed by atoms with Gasteiger partial charge < -0.3 is 9.73 Å². The number of carbonyl (C=O) groups excluding carboxylic acids is 1. The smallest absolute Gasteiger partial charge is 0.276 e. The number of aromatic nitrogens is 2. The molecule has 2 aromatic heterocycles. The summed E-state index contributed by atoms with van der Waals surface area (Å²) >= 11 is 0. The Labute approximate surface area is 166 Å². The van der Waals surface area contributed by atoms with Crippen LogP contribution >= 0.6 is 0 Å². The van der Waals surface area contributed by atoms with E-state index in [1.54, 1.807) is 30.5 Å². The van der Waals surface area contributed by atoms with Crippen LogP contribution in [0.2, 0.25) is 0 Å². The van der Waals surface area contributed by atoms with Crippen LogP contribution < -0.4 is 10.5 Å². The Balaban J connectivity index is 1.69. The monoisotopic (exact) mass is 410 g/mol. The summed E-state index contributed by atoms with van der Waals surface area (Å²) in [5.41, 5.74) is 3.33. The summed E-state index contributed by atoms with van der Waals surface area (Å²) in [7, 11) is -3.75. The first-order valence-corrected chi connectivity index (χ1v) is 10.4. The number of hydrogen-bond acceptors (Lipinski definition) is 5. The molecular weight excluding hydrogens is 392 g/mol. The first-order valence-electron chi connectivity index (χ1n) is 8.73. The van der Waals surface area contributed by atoms with Crippen molar-refractivity contribution in [1.82, 2.24) is 10.2 Å². The van der Waals surface area contributed by atoms with E-state index in [4.69, 9.17) is 9.56 Å². The number of anilines is 1. The summed E-state index contributed by atoms with van der Waals surface area (Å²) in [5.74, 6) is -0.172. The van der Waals surface area contributed by atoms with Gasteiger partial charge in [0.15, 0.2) is 5.69 Å². The molecular formula is C20H18N4O4S. The molecule has 9 heteroatoms. The molecule has 0 fully saturated rings. The average molecular weight is 410 g/mol. The SMILES string of the molecule is Cc1ccc(NC(=O)c2n[nH]c3ccc(-c4ccco4)cc23)c(CS(N)(=O)=O)c1.